The normalized spacial score (nSPS) is 19.0. The molecule has 0 radical (unpaired) electrons. The van der Waals surface area contributed by atoms with Gasteiger partial charge in [0.05, 0.1) is 18.6 Å². The number of carbonyl (C=O) groups is 2. The molecule has 1 heterocycles. The molecule has 2 unspecified atom stereocenters. The summed E-state index contributed by atoms with van der Waals surface area (Å²) in [7, 11) is 1.60. The molecule has 1 aliphatic heterocycles. The predicted molar refractivity (Wildman–Crippen MR) is 106 cm³/mol. The third kappa shape index (κ3) is 5.44. The van der Waals surface area contributed by atoms with Gasteiger partial charge in [0.15, 0.2) is 0 Å². The van der Waals surface area contributed by atoms with Crippen molar-refractivity contribution in [3.63, 3.8) is 0 Å². The number of halogens is 1. The van der Waals surface area contributed by atoms with Gasteiger partial charge in [-0.15, -0.1) is 11.8 Å². The zero-order valence-electron chi connectivity index (χ0n) is 15.2. The minimum Gasteiger partial charge on any atom is -0.497 e. The van der Waals surface area contributed by atoms with Crippen molar-refractivity contribution in [3.05, 3.63) is 59.9 Å². The molecule has 148 valence electrons. The highest BCUT2D eigenvalue weighted by atomic mass is 32.2. The van der Waals surface area contributed by atoms with Gasteiger partial charge in [0.1, 0.15) is 23.1 Å². The summed E-state index contributed by atoms with van der Waals surface area (Å²) in [5.74, 6) is -0.203. The molecule has 0 aliphatic carbocycles. The fourth-order valence-electron chi connectivity index (χ4n) is 2.64. The second-order valence-electron chi connectivity index (χ2n) is 6.12. The van der Waals surface area contributed by atoms with Gasteiger partial charge in [-0.3, -0.25) is 9.59 Å². The number of amides is 2. The van der Waals surface area contributed by atoms with Crippen molar-refractivity contribution < 1.29 is 18.7 Å². The standard InChI is InChI=1S/C19H21FN4O3S/c1-27-13-8-6-12(7-9-13)10-16-18(26)22-19(24-23-16)28-11-17(25)21-15-5-3-2-4-14(15)20/h2-9,16,19,23-24H,10-11H2,1H3,(H,21,25)(H,22,26). The summed E-state index contributed by atoms with van der Waals surface area (Å²) >= 11 is 1.19. The number of hydrazine groups is 1. The minimum atomic E-state index is -0.493. The number of ether oxygens (including phenoxy) is 1. The second-order valence-corrected chi connectivity index (χ2v) is 7.21. The fourth-order valence-corrected chi connectivity index (χ4v) is 3.38. The number of nitrogens with one attached hydrogen (secondary N) is 4. The van der Waals surface area contributed by atoms with Gasteiger partial charge in [-0.05, 0) is 36.2 Å². The highest BCUT2D eigenvalue weighted by molar-refractivity contribution is 8.00. The zero-order valence-corrected chi connectivity index (χ0v) is 16.0. The molecule has 9 heteroatoms. The summed E-state index contributed by atoms with van der Waals surface area (Å²) < 4.78 is 18.7. The maximum atomic E-state index is 13.6. The van der Waals surface area contributed by atoms with Crippen LogP contribution in [0.3, 0.4) is 0 Å². The minimum absolute atomic E-state index is 0.0527. The van der Waals surface area contributed by atoms with Crippen molar-refractivity contribution in [2.24, 2.45) is 0 Å². The predicted octanol–water partition coefficient (Wildman–Crippen LogP) is 1.62. The molecule has 3 rings (SSSR count). The van der Waals surface area contributed by atoms with Crippen LogP contribution in [0.5, 0.6) is 5.75 Å². The maximum absolute atomic E-state index is 13.6. The van der Waals surface area contributed by atoms with Crippen molar-refractivity contribution in [1.82, 2.24) is 16.2 Å². The molecule has 28 heavy (non-hydrogen) atoms. The maximum Gasteiger partial charge on any atom is 0.240 e. The molecule has 7 nitrogen and oxygen atoms in total. The van der Waals surface area contributed by atoms with Gasteiger partial charge in [-0.1, -0.05) is 24.3 Å². The topological polar surface area (TPSA) is 91.5 Å². The van der Waals surface area contributed by atoms with Crippen LogP contribution < -0.4 is 26.2 Å². The first-order valence-corrected chi connectivity index (χ1v) is 9.70. The molecule has 2 atom stereocenters. The van der Waals surface area contributed by atoms with E-state index in [0.29, 0.717) is 6.42 Å². The van der Waals surface area contributed by atoms with Crippen LogP contribution in [-0.4, -0.2) is 36.2 Å². The van der Waals surface area contributed by atoms with Crippen LogP contribution in [0.2, 0.25) is 0 Å². The monoisotopic (exact) mass is 404 g/mol. The van der Waals surface area contributed by atoms with E-state index < -0.39 is 17.4 Å². The lowest BCUT2D eigenvalue weighted by atomic mass is 10.1. The zero-order chi connectivity index (χ0) is 19.9. The van der Waals surface area contributed by atoms with Crippen molar-refractivity contribution in [2.45, 2.75) is 18.0 Å². The quantitative estimate of drug-likeness (QED) is 0.561. The van der Waals surface area contributed by atoms with Gasteiger partial charge in [-0.2, -0.15) is 0 Å². The molecule has 0 bridgehead atoms. The Balaban J connectivity index is 1.44. The van der Waals surface area contributed by atoms with E-state index in [1.54, 1.807) is 19.2 Å². The van der Waals surface area contributed by atoms with Gasteiger partial charge in [-0.25, -0.2) is 15.2 Å². The lowest BCUT2D eigenvalue weighted by Gasteiger charge is -2.31. The lowest BCUT2D eigenvalue weighted by Crippen LogP contribution is -2.64. The molecule has 4 N–H and O–H groups in total. The third-order valence-electron chi connectivity index (χ3n) is 4.11. The number of carbonyl (C=O) groups excluding carboxylic acids is 2. The summed E-state index contributed by atoms with van der Waals surface area (Å²) in [6.07, 6.45) is 0.508. The SMILES string of the molecule is COc1ccc(CC2NNC(SCC(=O)Nc3ccccc3F)NC2=O)cc1. The smallest absolute Gasteiger partial charge is 0.240 e. The summed E-state index contributed by atoms with van der Waals surface area (Å²) in [6, 6.07) is 13.0. The number of hydrogen-bond acceptors (Lipinski definition) is 6. The molecule has 2 aromatic rings. The first kappa shape index (κ1) is 20.1. The molecule has 1 saturated heterocycles. The van der Waals surface area contributed by atoms with Crippen LogP contribution in [0.15, 0.2) is 48.5 Å². The molecule has 1 fully saturated rings. The molecule has 0 saturated carbocycles. The Bertz CT molecular complexity index is 834. The Kier molecular flexibility index (Phi) is 6.85. The third-order valence-corrected chi connectivity index (χ3v) is 5.10. The fraction of sp³-hybridized carbons (Fsp3) is 0.263. The van der Waals surface area contributed by atoms with E-state index in [4.69, 9.17) is 4.74 Å². The second kappa shape index (κ2) is 9.54. The Hall–Kier alpha value is -2.62. The first-order valence-electron chi connectivity index (χ1n) is 8.65. The van der Waals surface area contributed by atoms with E-state index in [-0.39, 0.29) is 23.3 Å². The number of hydrogen-bond donors (Lipinski definition) is 4. The van der Waals surface area contributed by atoms with Crippen molar-refractivity contribution in [3.8, 4) is 5.75 Å². The van der Waals surface area contributed by atoms with E-state index in [1.807, 2.05) is 24.3 Å². The van der Waals surface area contributed by atoms with Gasteiger partial charge < -0.3 is 15.4 Å². The molecular formula is C19H21FN4O3S. The summed E-state index contributed by atoms with van der Waals surface area (Å²) in [6.45, 7) is 0. The molecule has 2 amide bonds. The molecular weight excluding hydrogens is 383 g/mol. The molecule has 1 aliphatic rings. The Morgan fingerprint density at radius 2 is 1.93 bits per heavy atom. The summed E-state index contributed by atoms with van der Waals surface area (Å²) in [5, 5.41) is 5.32. The highest BCUT2D eigenvalue weighted by Gasteiger charge is 2.27. The van der Waals surface area contributed by atoms with E-state index in [9.17, 15) is 14.0 Å². The van der Waals surface area contributed by atoms with Crippen LogP contribution in [0.25, 0.3) is 0 Å². The van der Waals surface area contributed by atoms with Crippen LogP contribution in [0, 0.1) is 5.82 Å². The van der Waals surface area contributed by atoms with Crippen molar-refractivity contribution >= 4 is 29.3 Å². The first-order chi connectivity index (χ1) is 13.5. The molecule has 0 spiro atoms. The van der Waals surface area contributed by atoms with Crippen LogP contribution >= 0.6 is 11.8 Å². The van der Waals surface area contributed by atoms with Gasteiger partial charge >= 0.3 is 0 Å². The average molecular weight is 404 g/mol. The Labute approximate surface area is 166 Å². The average Bonchev–Trinajstić information content (AvgIpc) is 2.70. The number of methoxy groups -OCH3 is 1. The van der Waals surface area contributed by atoms with Crippen LogP contribution in [0.1, 0.15) is 5.56 Å². The van der Waals surface area contributed by atoms with E-state index >= 15 is 0 Å². The van der Waals surface area contributed by atoms with Gasteiger partial charge in [0, 0.05) is 0 Å². The summed E-state index contributed by atoms with van der Waals surface area (Å²) in [4.78, 5) is 24.3. The highest BCUT2D eigenvalue weighted by Crippen LogP contribution is 2.16. The van der Waals surface area contributed by atoms with Crippen LogP contribution in [-0.2, 0) is 16.0 Å². The molecule has 2 aromatic carbocycles. The Morgan fingerprint density at radius 1 is 1.18 bits per heavy atom. The van der Waals surface area contributed by atoms with Gasteiger partial charge in [0.25, 0.3) is 0 Å². The van der Waals surface area contributed by atoms with Crippen molar-refractivity contribution in [1.29, 1.82) is 0 Å². The number of anilines is 1. The number of rotatable bonds is 7. The number of thioether (sulfide) groups is 1. The van der Waals surface area contributed by atoms with Gasteiger partial charge in [0.2, 0.25) is 11.8 Å². The summed E-state index contributed by atoms with van der Waals surface area (Å²) in [5.41, 5.74) is 6.60. The van der Waals surface area contributed by atoms with E-state index in [2.05, 4.69) is 21.5 Å². The van der Waals surface area contributed by atoms with Crippen molar-refractivity contribution in [2.75, 3.05) is 18.2 Å². The van der Waals surface area contributed by atoms with E-state index in [0.717, 1.165) is 11.3 Å². The number of benzene rings is 2. The number of para-hydroxylation sites is 1. The van der Waals surface area contributed by atoms with E-state index in [1.165, 1.54) is 23.9 Å². The largest absolute Gasteiger partial charge is 0.497 e. The molecule has 0 aromatic heterocycles. The lowest BCUT2D eigenvalue weighted by molar-refractivity contribution is -0.125. The van der Waals surface area contributed by atoms with Crippen LogP contribution in [0.4, 0.5) is 10.1 Å². The Morgan fingerprint density at radius 3 is 2.61 bits per heavy atom.